The van der Waals surface area contributed by atoms with Crippen LogP contribution in [-0.2, 0) is 0 Å². The molecule has 0 unspecified atom stereocenters. The number of rotatable bonds is 10. The average molecular weight is 974 g/mol. The van der Waals surface area contributed by atoms with E-state index in [0.29, 0.717) is 17.7 Å². The van der Waals surface area contributed by atoms with Gasteiger partial charge in [-0.2, -0.15) is 15.0 Å². The number of fused-ring (bicyclic) bond motifs is 6. The zero-order valence-electron chi connectivity index (χ0n) is 40.9. The van der Waals surface area contributed by atoms with Crippen molar-refractivity contribution >= 4 is 72.4 Å². The maximum Gasteiger partial charge on any atom is 0.240 e. The van der Waals surface area contributed by atoms with Crippen molar-refractivity contribution in [3.63, 3.8) is 0 Å². The van der Waals surface area contributed by atoms with Crippen molar-refractivity contribution in [1.29, 1.82) is 0 Å². The summed E-state index contributed by atoms with van der Waals surface area (Å²) in [6, 6.07) is 103. The Morgan fingerprint density at radius 1 is 0.253 bits per heavy atom. The normalized spacial score (nSPS) is 11.7. The molecule has 75 heavy (non-hydrogen) atoms. The Morgan fingerprint density at radius 2 is 0.600 bits per heavy atom. The summed E-state index contributed by atoms with van der Waals surface area (Å²) in [6.07, 6.45) is 0. The van der Waals surface area contributed by atoms with Crippen molar-refractivity contribution < 1.29 is 0 Å². The molecule has 0 aliphatic heterocycles. The molecular weight excluding hydrogens is 927 g/mol. The predicted octanol–water partition coefficient (Wildman–Crippen LogP) is 14.1. The van der Waals surface area contributed by atoms with Crippen LogP contribution in [0.4, 0.5) is 0 Å². The quantitative estimate of drug-likeness (QED) is 0.101. The lowest BCUT2D eigenvalue weighted by Crippen LogP contribution is -2.74. The molecule has 0 fully saturated rings. The molecule has 0 atom stereocenters. The van der Waals surface area contributed by atoms with Gasteiger partial charge in [-0.15, -0.1) is 0 Å². The second-order valence-electron chi connectivity index (χ2n) is 19.1. The van der Waals surface area contributed by atoms with Crippen molar-refractivity contribution in [1.82, 2.24) is 24.1 Å². The summed E-state index contributed by atoms with van der Waals surface area (Å²) in [5.74, 6) is 1.65. The minimum Gasteiger partial charge on any atom is -0.278 e. The molecule has 5 nitrogen and oxygen atoms in total. The summed E-state index contributed by atoms with van der Waals surface area (Å²) >= 11 is 0. The number of para-hydroxylation sites is 2. The van der Waals surface area contributed by atoms with E-state index in [9.17, 15) is 0 Å². The van der Waals surface area contributed by atoms with Crippen molar-refractivity contribution in [2.45, 2.75) is 0 Å². The molecular formula is C69H47N5Si. The second-order valence-corrected chi connectivity index (χ2v) is 22.9. The smallest absolute Gasteiger partial charge is 0.240 e. The van der Waals surface area contributed by atoms with E-state index in [1.165, 1.54) is 31.9 Å². The molecule has 11 aromatic carbocycles. The SMILES string of the molecule is c1ccc(-c2cccc([Si](c3ccccc3)(c3ccccc3)c3cccc(-c4nc(-n5c6ccccc6c6c(-c7ccccc7)cccc65)nc(-n5c6ccccc6c6c(-c7ccccc7)cccc65)n4)c3)c2)cc1. The van der Waals surface area contributed by atoms with Crippen LogP contribution in [0.1, 0.15) is 0 Å². The van der Waals surface area contributed by atoms with Gasteiger partial charge >= 0.3 is 0 Å². The molecule has 0 amide bonds. The molecule has 0 saturated carbocycles. The third kappa shape index (κ3) is 7.33. The van der Waals surface area contributed by atoms with E-state index in [4.69, 9.17) is 15.0 Å². The highest BCUT2D eigenvalue weighted by Crippen LogP contribution is 2.40. The van der Waals surface area contributed by atoms with Crippen LogP contribution in [0.2, 0.25) is 0 Å². The molecule has 3 aromatic heterocycles. The van der Waals surface area contributed by atoms with Crippen LogP contribution < -0.4 is 20.7 Å². The molecule has 0 N–H and O–H groups in total. The fourth-order valence-corrected chi connectivity index (χ4v) is 16.5. The van der Waals surface area contributed by atoms with Crippen LogP contribution in [-0.4, -0.2) is 32.2 Å². The molecule has 3 heterocycles. The van der Waals surface area contributed by atoms with E-state index in [1.807, 2.05) is 0 Å². The highest BCUT2D eigenvalue weighted by Gasteiger charge is 2.42. The van der Waals surface area contributed by atoms with Crippen molar-refractivity contribution in [3.8, 4) is 56.7 Å². The minimum absolute atomic E-state index is 0.534. The maximum absolute atomic E-state index is 5.62. The molecule has 0 saturated heterocycles. The second kappa shape index (κ2) is 18.4. The Bertz CT molecular complexity index is 4180. The topological polar surface area (TPSA) is 48.5 Å². The molecule has 14 aromatic rings. The highest BCUT2D eigenvalue weighted by atomic mass is 28.3. The van der Waals surface area contributed by atoms with Crippen molar-refractivity contribution in [2.24, 2.45) is 0 Å². The predicted molar refractivity (Wildman–Crippen MR) is 314 cm³/mol. The molecule has 6 heteroatoms. The Kier molecular flexibility index (Phi) is 10.8. The summed E-state index contributed by atoms with van der Waals surface area (Å²) in [5, 5.41) is 9.63. The molecule has 0 bridgehead atoms. The Labute approximate surface area is 436 Å². The number of nitrogens with zero attached hydrogens (tertiary/aromatic N) is 5. The zero-order chi connectivity index (χ0) is 49.7. The first-order valence-electron chi connectivity index (χ1n) is 25.5. The Morgan fingerprint density at radius 3 is 1.08 bits per heavy atom. The van der Waals surface area contributed by atoms with Crippen molar-refractivity contribution in [3.05, 3.63) is 285 Å². The molecule has 0 aliphatic rings. The van der Waals surface area contributed by atoms with E-state index in [1.54, 1.807) is 0 Å². The van der Waals surface area contributed by atoms with Gasteiger partial charge in [0, 0.05) is 27.1 Å². The van der Waals surface area contributed by atoms with Crippen LogP contribution in [0.25, 0.3) is 100 Å². The van der Waals surface area contributed by atoms with Gasteiger partial charge < -0.3 is 0 Å². The largest absolute Gasteiger partial charge is 0.278 e. The van der Waals surface area contributed by atoms with Gasteiger partial charge in [0.05, 0.1) is 22.1 Å². The first kappa shape index (κ1) is 44.0. The van der Waals surface area contributed by atoms with E-state index in [2.05, 4.69) is 294 Å². The fourth-order valence-electron chi connectivity index (χ4n) is 11.7. The van der Waals surface area contributed by atoms with Crippen LogP contribution in [0.5, 0.6) is 0 Å². The van der Waals surface area contributed by atoms with Crippen LogP contribution >= 0.6 is 0 Å². The summed E-state index contributed by atoms with van der Waals surface area (Å²) in [5.41, 5.74) is 11.9. The summed E-state index contributed by atoms with van der Waals surface area (Å²) in [6.45, 7) is 0. The van der Waals surface area contributed by atoms with E-state index in [-0.39, 0.29) is 0 Å². The molecule has 0 spiro atoms. The lowest BCUT2D eigenvalue weighted by molar-refractivity contribution is 0.893. The minimum atomic E-state index is -3.07. The fraction of sp³-hybridized carbons (Fsp3) is 0. The summed E-state index contributed by atoms with van der Waals surface area (Å²) < 4.78 is 4.47. The first-order valence-corrected chi connectivity index (χ1v) is 27.5. The number of benzene rings is 11. The number of aromatic nitrogens is 5. The standard InChI is InChI=1S/C69H47N5Si/c1-6-24-48(25-7-1)51-30-20-36-55(46-51)75(53-32-12-4-13-33-53,54-34-14-5-15-35-54)56-37-21-31-52(47-56)67-70-68(73-61-42-18-16-38-59(61)65-57(40-22-44-63(65)73)49-26-8-2-9-27-49)72-69(71-67)74-62-43-19-17-39-60(62)66-58(41-23-45-64(66)74)50-28-10-3-11-29-50/h1-47H. The van der Waals surface area contributed by atoms with Gasteiger partial charge in [-0.05, 0) is 78.4 Å². The van der Waals surface area contributed by atoms with E-state index < -0.39 is 8.07 Å². The maximum atomic E-state index is 5.62. The van der Waals surface area contributed by atoms with Gasteiger partial charge in [-0.25, -0.2) is 0 Å². The van der Waals surface area contributed by atoms with Crippen LogP contribution in [0.3, 0.4) is 0 Å². The van der Waals surface area contributed by atoms with Gasteiger partial charge in [0.2, 0.25) is 11.9 Å². The lowest BCUT2D eigenvalue weighted by Gasteiger charge is -2.35. The third-order valence-electron chi connectivity index (χ3n) is 14.9. The summed E-state index contributed by atoms with van der Waals surface area (Å²) in [7, 11) is -3.07. The van der Waals surface area contributed by atoms with Gasteiger partial charge in [0.1, 0.15) is 0 Å². The first-order chi connectivity index (χ1) is 37.2. The molecule has 352 valence electrons. The number of hydrogen-bond donors (Lipinski definition) is 0. The highest BCUT2D eigenvalue weighted by molar-refractivity contribution is 7.20. The Hall–Kier alpha value is -9.75. The Balaban J connectivity index is 1.07. The van der Waals surface area contributed by atoms with Crippen LogP contribution in [0, 0.1) is 0 Å². The molecule has 14 rings (SSSR count). The van der Waals surface area contributed by atoms with E-state index >= 15 is 0 Å². The number of hydrogen-bond acceptors (Lipinski definition) is 3. The van der Waals surface area contributed by atoms with Gasteiger partial charge in [0.15, 0.2) is 13.9 Å². The summed E-state index contributed by atoms with van der Waals surface area (Å²) in [4.78, 5) is 16.9. The van der Waals surface area contributed by atoms with Gasteiger partial charge in [-0.1, -0.05) is 261 Å². The van der Waals surface area contributed by atoms with E-state index in [0.717, 1.165) is 71.4 Å². The third-order valence-corrected chi connectivity index (χ3v) is 19.7. The van der Waals surface area contributed by atoms with Gasteiger partial charge in [-0.3, -0.25) is 9.13 Å². The van der Waals surface area contributed by atoms with Crippen LogP contribution in [0.15, 0.2) is 285 Å². The van der Waals surface area contributed by atoms with Crippen molar-refractivity contribution in [2.75, 3.05) is 0 Å². The lowest BCUT2D eigenvalue weighted by atomic mass is 9.99. The zero-order valence-corrected chi connectivity index (χ0v) is 41.9. The molecule has 0 aliphatic carbocycles. The monoisotopic (exact) mass is 973 g/mol. The molecule has 0 radical (unpaired) electrons. The van der Waals surface area contributed by atoms with Gasteiger partial charge in [0.25, 0.3) is 0 Å². The average Bonchev–Trinajstić information content (AvgIpc) is 4.04.